The first-order chi connectivity index (χ1) is 9.70. The number of nitrogens with zero attached hydrogens (tertiary/aromatic N) is 2. The molecular formula is C16H17N3O. The summed E-state index contributed by atoms with van der Waals surface area (Å²) in [7, 11) is 0. The van der Waals surface area contributed by atoms with Crippen molar-refractivity contribution in [3.05, 3.63) is 48.3 Å². The Kier molecular flexibility index (Phi) is 3.06. The van der Waals surface area contributed by atoms with Crippen LogP contribution in [0.1, 0.15) is 12.6 Å². The number of nitrogen functional groups attached to an aromatic ring is 1. The summed E-state index contributed by atoms with van der Waals surface area (Å²) in [5.74, 6) is 0.872. The summed E-state index contributed by atoms with van der Waals surface area (Å²) in [6, 6.07) is 11.8. The molecule has 4 nitrogen and oxygen atoms in total. The van der Waals surface area contributed by atoms with E-state index >= 15 is 0 Å². The lowest BCUT2D eigenvalue weighted by Gasteiger charge is -2.04. The van der Waals surface area contributed by atoms with Crippen LogP contribution in [0.2, 0.25) is 0 Å². The van der Waals surface area contributed by atoms with Crippen LogP contribution in [0.25, 0.3) is 16.9 Å². The SMILES string of the molecule is CCOc1ccc(-c2nc3c(N)cccn3c2C)cc1. The van der Waals surface area contributed by atoms with Crippen LogP contribution in [0.3, 0.4) is 0 Å². The van der Waals surface area contributed by atoms with E-state index in [-0.39, 0.29) is 0 Å². The van der Waals surface area contributed by atoms with Gasteiger partial charge in [0.2, 0.25) is 0 Å². The number of aromatic nitrogens is 2. The summed E-state index contributed by atoms with van der Waals surface area (Å²) >= 11 is 0. The highest BCUT2D eigenvalue weighted by molar-refractivity contribution is 5.73. The molecule has 3 rings (SSSR count). The molecule has 4 heteroatoms. The molecule has 20 heavy (non-hydrogen) atoms. The molecule has 1 aromatic carbocycles. The maximum atomic E-state index is 5.98. The van der Waals surface area contributed by atoms with Crippen LogP contribution in [-0.2, 0) is 0 Å². The first-order valence-corrected chi connectivity index (χ1v) is 6.67. The van der Waals surface area contributed by atoms with Gasteiger partial charge in [-0.05, 0) is 50.2 Å². The first-order valence-electron chi connectivity index (χ1n) is 6.67. The number of pyridine rings is 1. The zero-order valence-corrected chi connectivity index (χ0v) is 11.6. The number of ether oxygens (including phenoxy) is 1. The molecule has 0 radical (unpaired) electrons. The van der Waals surface area contributed by atoms with Gasteiger partial charge >= 0.3 is 0 Å². The summed E-state index contributed by atoms with van der Waals surface area (Å²) in [6.07, 6.45) is 1.98. The van der Waals surface area contributed by atoms with Crippen molar-refractivity contribution in [2.45, 2.75) is 13.8 Å². The number of fused-ring (bicyclic) bond motifs is 1. The lowest BCUT2D eigenvalue weighted by atomic mass is 10.1. The number of anilines is 1. The minimum Gasteiger partial charge on any atom is -0.494 e. The topological polar surface area (TPSA) is 52.5 Å². The minimum absolute atomic E-state index is 0.670. The molecule has 3 aromatic rings. The molecule has 0 unspecified atom stereocenters. The van der Waals surface area contributed by atoms with E-state index in [9.17, 15) is 0 Å². The van der Waals surface area contributed by atoms with E-state index < -0.39 is 0 Å². The molecule has 2 heterocycles. The Hall–Kier alpha value is -2.49. The lowest BCUT2D eigenvalue weighted by molar-refractivity contribution is 0.340. The average Bonchev–Trinajstić information content (AvgIpc) is 2.79. The van der Waals surface area contributed by atoms with Crippen molar-refractivity contribution in [3.63, 3.8) is 0 Å². The molecule has 2 N–H and O–H groups in total. The lowest BCUT2D eigenvalue weighted by Crippen LogP contribution is -1.92. The van der Waals surface area contributed by atoms with Crippen LogP contribution in [0.4, 0.5) is 5.69 Å². The summed E-state index contributed by atoms with van der Waals surface area (Å²) in [5, 5.41) is 0. The van der Waals surface area contributed by atoms with E-state index in [1.807, 2.05) is 60.8 Å². The molecule has 0 saturated carbocycles. The molecular weight excluding hydrogens is 250 g/mol. The van der Waals surface area contributed by atoms with Crippen LogP contribution < -0.4 is 10.5 Å². The van der Waals surface area contributed by atoms with Gasteiger partial charge in [0.1, 0.15) is 5.75 Å². The molecule has 0 saturated heterocycles. The van der Waals surface area contributed by atoms with Gasteiger partial charge < -0.3 is 14.9 Å². The van der Waals surface area contributed by atoms with Gasteiger partial charge in [0.05, 0.1) is 18.0 Å². The summed E-state index contributed by atoms with van der Waals surface area (Å²) in [5.41, 5.74) is 10.6. The third-order valence-electron chi connectivity index (χ3n) is 3.36. The van der Waals surface area contributed by atoms with Gasteiger partial charge in [-0.1, -0.05) is 0 Å². The summed E-state index contributed by atoms with van der Waals surface area (Å²) in [4.78, 5) is 4.65. The van der Waals surface area contributed by atoms with E-state index in [1.54, 1.807) is 0 Å². The molecule has 0 fully saturated rings. The van der Waals surface area contributed by atoms with Crippen LogP contribution in [0.5, 0.6) is 5.75 Å². The number of hydrogen-bond donors (Lipinski definition) is 1. The summed E-state index contributed by atoms with van der Waals surface area (Å²) < 4.78 is 7.47. The van der Waals surface area contributed by atoms with Gasteiger partial charge in [-0.2, -0.15) is 0 Å². The summed E-state index contributed by atoms with van der Waals surface area (Å²) in [6.45, 7) is 4.69. The maximum absolute atomic E-state index is 5.98. The molecule has 0 aliphatic carbocycles. The Morgan fingerprint density at radius 2 is 1.95 bits per heavy atom. The number of benzene rings is 1. The van der Waals surface area contributed by atoms with Gasteiger partial charge in [0.15, 0.2) is 5.65 Å². The zero-order chi connectivity index (χ0) is 14.1. The van der Waals surface area contributed by atoms with E-state index in [1.165, 1.54) is 0 Å². The third kappa shape index (κ3) is 1.99. The molecule has 102 valence electrons. The number of aryl methyl sites for hydroxylation is 1. The molecule has 2 aromatic heterocycles. The highest BCUT2D eigenvalue weighted by Crippen LogP contribution is 2.27. The maximum Gasteiger partial charge on any atom is 0.160 e. The van der Waals surface area contributed by atoms with E-state index in [0.29, 0.717) is 12.3 Å². The highest BCUT2D eigenvalue weighted by Gasteiger charge is 2.11. The number of imidazole rings is 1. The number of rotatable bonds is 3. The monoisotopic (exact) mass is 267 g/mol. The molecule has 0 spiro atoms. The smallest absolute Gasteiger partial charge is 0.160 e. The van der Waals surface area contributed by atoms with Gasteiger partial charge in [0.25, 0.3) is 0 Å². The fourth-order valence-electron chi connectivity index (χ4n) is 2.36. The second-order valence-corrected chi connectivity index (χ2v) is 4.66. The Bertz CT molecular complexity index is 744. The number of hydrogen-bond acceptors (Lipinski definition) is 3. The fraction of sp³-hybridized carbons (Fsp3) is 0.188. The van der Waals surface area contributed by atoms with Crippen molar-refractivity contribution in [2.75, 3.05) is 12.3 Å². The Balaban J connectivity index is 2.10. The van der Waals surface area contributed by atoms with Gasteiger partial charge in [-0.25, -0.2) is 4.98 Å². The van der Waals surface area contributed by atoms with Crippen molar-refractivity contribution < 1.29 is 4.74 Å². The average molecular weight is 267 g/mol. The van der Waals surface area contributed by atoms with Gasteiger partial charge in [-0.15, -0.1) is 0 Å². The molecule has 0 aliphatic rings. The number of nitrogens with two attached hydrogens (primary N) is 1. The van der Waals surface area contributed by atoms with Crippen LogP contribution >= 0.6 is 0 Å². The second-order valence-electron chi connectivity index (χ2n) is 4.66. The minimum atomic E-state index is 0.670. The van der Waals surface area contributed by atoms with Gasteiger partial charge in [-0.3, -0.25) is 0 Å². The van der Waals surface area contributed by atoms with Crippen molar-refractivity contribution >= 4 is 11.3 Å². The van der Waals surface area contributed by atoms with Crippen molar-refractivity contribution in [2.24, 2.45) is 0 Å². The molecule has 0 bridgehead atoms. The van der Waals surface area contributed by atoms with E-state index in [0.717, 1.165) is 28.3 Å². The Labute approximate surface area is 117 Å². The predicted octanol–water partition coefficient (Wildman–Crippen LogP) is 3.29. The quantitative estimate of drug-likeness (QED) is 0.792. The van der Waals surface area contributed by atoms with Gasteiger partial charge in [0, 0.05) is 17.5 Å². The van der Waals surface area contributed by atoms with Crippen LogP contribution in [0.15, 0.2) is 42.6 Å². The van der Waals surface area contributed by atoms with Crippen molar-refractivity contribution in [1.29, 1.82) is 0 Å². The van der Waals surface area contributed by atoms with Crippen LogP contribution in [-0.4, -0.2) is 16.0 Å². The first kappa shape index (κ1) is 12.5. The normalized spacial score (nSPS) is 10.9. The highest BCUT2D eigenvalue weighted by atomic mass is 16.5. The predicted molar refractivity (Wildman–Crippen MR) is 80.9 cm³/mol. The Morgan fingerprint density at radius 1 is 1.20 bits per heavy atom. The zero-order valence-electron chi connectivity index (χ0n) is 11.6. The second kappa shape index (κ2) is 4.89. The third-order valence-corrected chi connectivity index (χ3v) is 3.36. The van der Waals surface area contributed by atoms with Crippen LogP contribution in [0, 0.1) is 6.92 Å². The molecule has 0 aliphatic heterocycles. The van der Waals surface area contributed by atoms with E-state index in [4.69, 9.17) is 10.5 Å². The molecule has 0 atom stereocenters. The van der Waals surface area contributed by atoms with Crippen molar-refractivity contribution in [3.8, 4) is 17.0 Å². The fourth-order valence-corrected chi connectivity index (χ4v) is 2.36. The van der Waals surface area contributed by atoms with E-state index in [2.05, 4.69) is 4.98 Å². The largest absolute Gasteiger partial charge is 0.494 e. The van der Waals surface area contributed by atoms with Crippen molar-refractivity contribution in [1.82, 2.24) is 9.38 Å². The Morgan fingerprint density at radius 3 is 2.60 bits per heavy atom. The standard InChI is InChI=1S/C16H17N3O/c1-3-20-13-8-6-12(7-9-13)15-11(2)19-10-4-5-14(17)16(19)18-15/h4-10H,3,17H2,1-2H3. The molecule has 0 amide bonds.